The Morgan fingerprint density at radius 3 is 1.51 bits per heavy atom. The standard InChI is InChI=1S/C60H44S/c1-33-26-35(3)53(36(4)27-33)56-46-17-9-10-18-47(46)57(54-37(5)28-34(2)29-38(54)6)59-49-25-24-43(45-19-13-20-48(55(45)49)58(56)59)50-31-42(41-23-22-39-14-7-8-15-40(39)30-41)32-51-44-16-11-12-21-52(44)61-60(50)51/h7-32H,1-6H3. The number of aryl methyl sites for hydroxylation is 6. The molecule has 0 bridgehead atoms. The lowest BCUT2D eigenvalue weighted by molar-refractivity contribution is 1.32. The highest BCUT2D eigenvalue weighted by atomic mass is 32.1. The molecule has 290 valence electrons. The van der Waals surface area contributed by atoms with Gasteiger partial charge >= 0.3 is 0 Å². The second-order valence-corrected chi connectivity index (χ2v) is 18.6. The molecule has 0 saturated heterocycles. The molecule has 0 aliphatic heterocycles. The van der Waals surface area contributed by atoms with E-state index in [1.807, 2.05) is 11.3 Å². The maximum absolute atomic E-state index is 2.47. The zero-order valence-electron chi connectivity index (χ0n) is 35.4. The first-order chi connectivity index (χ1) is 29.7. The van der Waals surface area contributed by atoms with Gasteiger partial charge in [0, 0.05) is 25.7 Å². The van der Waals surface area contributed by atoms with Gasteiger partial charge in [-0.1, -0.05) is 145 Å². The minimum absolute atomic E-state index is 1.24. The van der Waals surface area contributed by atoms with Crippen molar-refractivity contribution in [3.63, 3.8) is 0 Å². The van der Waals surface area contributed by atoms with Gasteiger partial charge in [0.2, 0.25) is 0 Å². The smallest absolute Gasteiger partial charge is 0.0434 e. The molecule has 0 spiro atoms. The Balaban J connectivity index is 1.21. The molecular weight excluding hydrogens is 753 g/mol. The predicted octanol–water partition coefficient (Wildman–Crippen LogP) is 17.7. The number of benzene rings is 10. The fourth-order valence-corrected chi connectivity index (χ4v) is 12.5. The van der Waals surface area contributed by atoms with Crippen LogP contribution in [0.2, 0.25) is 0 Å². The number of fused-ring (bicyclic) bond motifs is 8. The summed E-state index contributed by atoms with van der Waals surface area (Å²) in [6, 6.07) is 60.1. The van der Waals surface area contributed by atoms with Crippen molar-refractivity contribution in [1.82, 2.24) is 0 Å². The quantitative estimate of drug-likeness (QED) is 0.166. The summed E-state index contributed by atoms with van der Waals surface area (Å²) in [6.45, 7) is 13.7. The molecule has 1 aromatic heterocycles. The van der Waals surface area contributed by atoms with Crippen molar-refractivity contribution in [1.29, 1.82) is 0 Å². The first-order valence-electron chi connectivity index (χ1n) is 21.5. The summed E-state index contributed by atoms with van der Waals surface area (Å²) >= 11 is 1.92. The molecule has 0 nitrogen and oxygen atoms in total. The fourth-order valence-electron chi connectivity index (χ4n) is 11.3. The van der Waals surface area contributed by atoms with Gasteiger partial charge in [-0.05, 0) is 182 Å². The SMILES string of the molecule is Cc1cc(C)c(-c2c3c(c(-c4c(C)cc(C)cc4C)c4ccccc24)-c2ccc(-c4cc(-c5ccc6ccccc6c5)cc5c4sc4ccccc45)c4cccc-3c24)c(C)c1. The van der Waals surface area contributed by atoms with Gasteiger partial charge in [-0.3, -0.25) is 0 Å². The molecule has 0 N–H and O–H groups in total. The molecule has 10 aromatic carbocycles. The topological polar surface area (TPSA) is 0 Å². The average molecular weight is 797 g/mol. The van der Waals surface area contributed by atoms with Crippen LogP contribution < -0.4 is 0 Å². The Hall–Kier alpha value is -6.80. The molecule has 0 unspecified atom stereocenters. The predicted molar refractivity (Wildman–Crippen MR) is 266 cm³/mol. The van der Waals surface area contributed by atoms with E-state index in [0.29, 0.717) is 0 Å². The monoisotopic (exact) mass is 796 g/mol. The third kappa shape index (κ3) is 5.30. The van der Waals surface area contributed by atoms with Gasteiger partial charge in [0.25, 0.3) is 0 Å². The van der Waals surface area contributed by atoms with Crippen molar-refractivity contribution in [3.05, 3.63) is 191 Å². The molecular formula is C60H44S. The molecule has 1 aliphatic rings. The summed E-state index contributed by atoms with van der Waals surface area (Å²) in [6.07, 6.45) is 0. The van der Waals surface area contributed by atoms with Crippen molar-refractivity contribution < 1.29 is 0 Å². The van der Waals surface area contributed by atoms with Gasteiger partial charge in [-0.25, -0.2) is 0 Å². The summed E-state index contributed by atoms with van der Waals surface area (Å²) in [4.78, 5) is 0. The molecule has 1 heteroatoms. The van der Waals surface area contributed by atoms with Crippen molar-refractivity contribution in [2.75, 3.05) is 0 Å². The van der Waals surface area contributed by atoms with E-state index in [1.165, 1.54) is 153 Å². The average Bonchev–Trinajstić information content (AvgIpc) is 3.80. The van der Waals surface area contributed by atoms with Crippen molar-refractivity contribution in [3.8, 4) is 66.8 Å². The summed E-state index contributed by atoms with van der Waals surface area (Å²) in [5.41, 5.74) is 23.7. The Kier molecular flexibility index (Phi) is 7.90. The van der Waals surface area contributed by atoms with Crippen LogP contribution in [0.3, 0.4) is 0 Å². The van der Waals surface area contributed by atoms with E-state index in [2.05, 4.69) is 199 Å². The Morgan fingerprint density at radius 2 is 0.852 bits per heavy atom. The van der Waals surface area contributed by atoms with E-state index in [4.69, 9.17) is 0 Å². The normalized spacial score (nSPS) is 12.1. The minimum atomic E-state index is 1.24. The lowest BCUT2D eigenvalue weighted by Crippen LogP contribution is -1.99. The van der Waals surface area contributed by atoms with E-state index in [0.717, 1.165) is 0 Å². The molecule has 12 rings (SSSR count). The van der Waals surface area contributed by atoms with Crippen LogP contribution in [-0.4, -0.2) is 0 Å². The molecule has 0 saturated carbocycles. The fraction of sp³-hybridized carbons (Fsp3) is 0.100. The van der Waals surface area contributed by atoms with E-state index >= 15 is 0 Å². The van der Waals surface area contributed by atoms with Crippen LogP contribution >= 0.6 is 11.3 Å². The molecule has 1 heterocycles. The zero-order valence-corrected chi connectivity index (χ0v) is 36.2. The van der Waals surface area contributed by atoms with Gasteiger partial charge in [0.15, 0.2) is 0 Å². The summed E-state index contributed by atoms with van der Waals surface area (Å²) < 4.78 is 2.66. The highest BCUT2D eigenvalue weighted by molar-refractivity contribution is 7.26. The molecule has 0 amide bonds. The van der Waals surface area contributed by atoms with Crippen molar-refractivity contribution >= 4 is 63.8 Å². The van der Waals surface area contributed by atoms with E-state index in [1.54, 1.807) is 0 Å². The van der Waals surface area contributed by atoms with E-state index in [-0.39, 0.29) is 0 Å². The largest absolute Gasteiger partial charge is 0.135 e. The molecule has 11 aromatic rings. The number of hydrogen-bond acceptors (Lipinski definition) is 1. The van der Waals surface area contributed by atoms with Gasteiger partial charge in [0.1, 0.15) is 0 Å². The lowest BCUT2D eigenvalue weighted by Gasteiger charge is -2.24. The number of hydrogen-bond donors (Lipinski definition) is 0. The lowest BCUT2D eigenvalue weighted by atomic mass is 9.79. The van der Waals surface area contributed by atoms with Crippen LogP contribution in [0.4, 0.5) is 0 Å². The van der Waals surface area contributed by atoms with E-state index < -0.39 is 0 Å². The highest BCUT2D eigenvalue weighted by Crippen LogP contribution is 2.60. The minimum Gasteiger partial charge on any atom is -0.135 e. The maximum Gasteiger partial charge on any atom is 0.0434 e. The second kappa shape index (κ2) is 13.4. The Morgan fingerprint density at radius 1 is 0.311 bits per heavy atom. The Bertz CT molecular complexity index is 3550. The third-order valence-electron chi connectivity index (χ3n) is 13.5. The van der Waals surface area contributed by atoms with Gasteiger partial charge in [0.05, 0.1) is 0 Å². The van der Waals surface area contributed by atoms with Gasteiger partial charge < -0.3 is 0 Å². The zero-order chi connectivity index (χ0) is 41.3. The molecule has 0 radical (unpaired) electrons. The highest BCUT2D eigenvalue weighted by Gasteiger charge is 2.33. The van der Waals surface area contributed by atoms with Crippen LogP contribution in [0, 0.1) is 41.5 Å². The molecule has 0 atom stereocenters. The van der Waals surface area contributed by atoms with Crippen LogP contribution in [0.5, 0.6) is 0 Å². The molecule has 61 heavy (non-hydrogen) atoms. The van der Waals surface area contributed by atoms with Crippen molar-refractivity contribution in [2.45, 2.75) is 41.5 Å². The van der Waals surface area contributed by atoms with Crippen LogP contribution in [0.25, 0.3) is 119 Å². The first-order valence-corrected chi connectivity index (χ1v) is 22.3. The van der Waals surface area contributed by atoms with Crippen LogP contribution in [0.15, 0.2) is 158 Å². The maximum atomic E-state index is 2.47. The van der Waals surface area contributed by atoms with Crippen molar-refractivity contribution in [2.24, 2.45) is 0 Å². The van der Waals surface area contributed by atoms with E-state index in [9.17, 15) is 0 Å². The summed E-state index contributed by atoms with van der Waals surface area (Å²) in [5, 5.41) is 10.4. The summed E-state index contributed by atoms with van der Waals surface area (Å²) in [7, 11) is 0. The number of thiophene rings is 1. The Labute approximate surface area is 361 Å². The third-order valence-corrected chi connectivity index (χ3v) is 14.7. The molecule has 0 fully saturated rings. The molecule has 1 aliphatic carbocycles. The van der Waals surface area contributed by atoms with Crippen LogP contribution in [-0.2, 0) is 0 Å². The van der Waals surface area contributed by atoms with Crippen LogP contribution in [0.1, 0.15) is 33.4 Å². The van der Waals surface area contributed by atoms with Gasteiger partial charge in [-0.15, -0.1) is 11.3 Å². The second-order valence-electron chi connectivity index (χ2n) is 17.5. The number of rotatable bonds is 4. The van der Waals surface area contributed by atoms with Gasteiger partial charge in [-0.2, -0.15) is 0 Å². The first kappa shape index (κ1) is 36.1. The summed E-state index contributed by atoms with van der Waals surface area (Å²) in [5.74, 6) is 0.